The maximum absolute atomic E-state index is 13.2. The third-order valence-electron chi connectivity index (χ3n) is 5.79. The average molecular weight is 402 g/mol. The van der Waals surface area contributed by atoms with E-state index in [1.807, 2.05) is 31.2 Å². The van der Waals surface area contributed by atoms with E-state index in [9.17, 15) is 4.79 Å². The molecule has 1 N–H and O–H groups in total. The van der Waals surface area contributed by atoms with Crippen LogP contribution in [0.4, 0.5) is 5.82 Å². The van der Waals surface area contributed by atoms with Crippen molar-refractivity contribution < 1.29 is 9.53 Å². The highest BCUT2D eigenvalue weighted by molar-refractivity contribution is 6.01. The van der Waals surface area contributed by atoms with E-state index in [0.29, 0.717) is 11.7 Å². The van der Waals surface area contributed by atoms with Gasteiger partial charge in [-0.1, -0.05) is 43.7 Å². The van der Waals surface area contributed by atoms with Crippen molar-refractivity contribution in [1.82, 2.24) is 9.97 Å². The van der Waals surface area contributed by atoms with Gasteiger partial charge >= 0.3 is 0 Å². The predicted octanol–water partition coefficient (Wildman–Crippen LogP) is 5.08. The predicted molar refractivity (Wildman–Crippen MR) is 119 cm³/mol. The van der Waals surface area contributed by atoms with Crippen LogP contribution in [0, 0.1) is 6.92 Å². The minimum Gasteiger partial charge on any atom is -0.481 e. The first-order valence-electron chi connectivity index (χ1n) is 10.4. The summed E-state index contributed by atoms with van der Waals surface area (Å²) in [6.07, 6.45) is 5.62. The number of benzene rings is 1. The fraction of sp³-hybridized carbons (Fsp3) is 0.320. The number of ether oxygens (including phenoxy) is 1. The fourth-order valence-electron chi connectivity index (χ4n) is 3.85. The van der Waals surface area contributed by atoms with E-state index in [1.54, 1.807) is 13.3 Å². The van der Waals surface area contributed by atoms with E-state index in [0.717, 1.165) is 48.1 Å². The summed E-state index contributed by atoms with van der Waals surface area (Å²) in [5, 5.41) is 3.05. The van der Waals surface area contributed by atoms with Crippen LogP contribution in [0.2, 0.25) is 0 Å². The van der Waals surface area contributed by atoms with Gasteiger partial charge in [-0.05, 0) is 55.0 Å². The van der Waals surface area contributed by atoms with Crippen molar-refractivity contribution in [2.75, 3.05) is 12.4 Å². The molecule has 3 aromatic rings. The van der Waals surface area contributed by atoms with E-state index in [1.165, 1.54) is 5.56 Å². The number of methoxy groups -OCH3 is 1. The highest BCUT2D eigenvalue weighted by atomic mass is 16.5. The van der Waals surface area contributed by atoms with E-state index >= 15 is 0 Å². The second kappa shape index (κ2) is 8.27. The van der Waals surface area contributed by atoms with Crippen LogP contribution in [0.25, 0.3) is 11.3 Å². The number of aryl methyl sites for hydroxylation is 2. The second-order valence-electron chi connectivity index (χ2n) is 7.93. The van der Waals surface area contributed by atoms with Crippen molar-refractivity contribution in [1.29, 1.82) is 0 Å². The summed E-state index contributed by atoms with van der Waals surface area (Å²) in [4.78, 5) is 22.0. The summed E-state index contributed by atoms with van der Waals surface area (Å²) >= 11 is 0. The van der Waals surface area contributed by atoms with Crippen LogP contribution in [0.1, 0.15) is 42.9 Å². The van der Waals surface area contributed by atoms with Gasteiger partial charge in [0.25, 0.3) is 0 Å². The molecular weight excluding hydrogens is 374 g/mol. The van der Waals surface area contributed by atoms with Gasteiger partial charge in [0.05, 0.1) is 18.2 Å². The van der Waals surface area contributed by atoms with E-state index in [2.05, 4.69) is 41.5 Å². The van der Waals surface area contributed by atoms with E-state index in [-0.39, 0.29) is 5.91 Å². The Balaban J connectivity index is 1.56. The van der Waals surface area contributed by atoms with Crippen LogP contribution < -0.4 is 10.1 Å². The summed E-state index contributed by atoms with van der Waals surface area (Å²) in [6, 6.07) is 16.1. The van der Waals surface area contributed by atoms with Crippen molar-refractivity contribution in [2.45, 2.75) is 44.9 Å². The van der Waals surface area contributed by atoms with Gasteiger partial charge in [-0.3, -0.25) is 4.79 Å². The van der Waals surface area contributed by atoms with Crippen LogP contribution in [-0.2, 0) is 16.6 Å². The molecule has 4 rings (SSSR count). The number of pyridine rings is 2. The van der Waals surface area contributed by atoms with E-state index in [4.69, 9.17) is 9.72 Å². The smallest absolute Gasteiger partial charge is 0.236 e. The number of nitrogens with one attached hydrogen (secondary N) is 1. The molecule has 154 valence electrons. The number of carbonyl (C=O) groups excluding carboxylic acids is 1. The molecule has 0 atom stereocenters. The van der Waals surface area contributed by atoms with Crippen molar-refractivity contribution in [3.8, 4) is 17.1 Å². The lowest BCUT2D eigenvalue weighted by Crippen LogP contribution is -2.28. The molecule has 5 nitrogen and oxygen atoms in total. The maximum Gasteiger partial charge on any atom is 0.236 e. The molecule has 1 amide bonds. The summed E-state index contributed by atoms with van der Waals surface area (Å²) in [5.74, 6) is 1.11. The van der Waals surface area contributed by atoms with Crippen LogP contribution in [0.5, 0.6) is 5.88 Å². The number of anilines is 1. The van der Waals surface area contributed by atoms with Gasteiger partial charge < -0.3 is 10.1 Å². The molecule has 30 heavy (non-hydrogen) atoms. The molecule has 0 radical (unpaired) electrons. The first kappa shape index (κ1) is 20.1. The van der Waals surface area contributed by atoms with Crippen LogP contribution in [0.15, 0.2) is 54.7 Å². The molecule has 1 aliphatic carbocycles. The molecule has 0 spiro atoms. The Morgan fingerprint density at radius 3 is 2.57 bits per heavy atom. The van der Waals surface area contributed by atoms with Gasteiger partial charge in [-0.15, -0.1) is 0 Å². The van der Waals surface area contributed by atoms with Gasteiger partial charge in [0, 0.05) is 17.8 Å². The van der Waals surface area contributed by atoms with Gasteiger partial charge in [-0.25, -0.2) is 9.97 Å². The summed E-state index contributed by atoms with van der Waals surface area (Å²) in [6.45, 7) is 4.18. The van der Waals surface area contributed by atoms with Crippen molar-refractivity contribution >= 4 is 11.7 Å². The Bertz CT molecular complexity index is 1060. The zero-order valence-electron chi connectivity index (χ0n) is 17.7. The molecule has 0 saturated heterocycles. The highest BCUT2D eigenvalue weighted by Gasteiger charge is 2.51. The third kappa shape index (κ3) is 3.92. The zero-order valence-corrected chi connectivity index (χ0v) is 17.7. The van der Waals surface area contributed by atoms with Crippen molar-refractivity contribution in [3.63, 3.8) is 0 Å². The number of carbonyl (C=O) groups is 1. The quantitative estimate of drug-likeness (QED) is 0.599. The summed E-state index contributed by atoms with van der Waals surface area (Å²) in [5.41, 5.74) is 4.71. The summed E-state index contributed by atoms with van der Waals surface area (Å²) in [7, 11) is 1.59. The van der Waals surface area contributed by atoms with Gasteiger partial charge in [0.2, 0.25) is 11.8 Å². The minimum absolute atomic E-state index is 0.0142. The first-order valence-corrected chi connectivity index (χ1v) is 10.4. The molecule has 1 fully saturated rings. The largest absolute Gasteiger partial charge is 0.481 e. The molecule has 2 heterocycles. The number of hydrogen-bond acceptors (Lipinski definition) is 4. The van der Waals surface area contributed by atoms with Gasteiger partial charge in [-0.2, -0.15) is 0 Å². The lowest BCUT2D eigenvalue weighted by Gasteiger charge is -2.17. The third-order valence-corrected chi connectivity index (χ3v) is 5.79. The Morgan fingerprint density at radius 1 is 1.13 bits per heavy atom. The highest BCUT2D eigenvalue weighted by Crippen LogP contribution is 2.49. The Morgan fingerprint density at radius 2 is 1.90 bits per heavy atom. The molecule has 1 saturated carbocycles. The number of amides is 1. The molecule has 1 aliphatic rings. The second-order valence-corrected chi connectivity index (χ2v) is 7.93. The van der Waals surface area contributed by atoms with Gasteiger partial charge in [0.1, 0.15) is 5.82 Å². The zero-order chi connectivity index (χ0) is 21.1. The number of hydrogen-bond donors (Lipinski definition) is 1. The molecule has 1 aromatic carbocycles. The molecule has 5 heteroatoms. The Hall–Kier alpha value is -3.21. The normalized spacial score (nSPS) is 14.2. The number of rotatable bonds is 7. The molecular formula is C25H27N3O2. The SMILES string of the molecule is CCCc1ccc(C2(C(=O)Nc3ccc(C)c(-c4ccnc(OC)c4)n3)CC2)cc1. The van der Waals surface area contributed by atoms with Crippen LogP contribution >= 0.6 is 0 Å². The number of nitrogens with zero attached hydrogens (tertiary/aromatic N) is 2. The van der Waals surface area contributed by atoms with Crippen LogP contribution in [0.3, 0.4) is 0 Å². The molecule has 0 bridgehead atoms. The lowest BCUT2D eigenvalue weighted by atomic mass is 9.93. The topological polar surface area (TPSA) is 64.1 Å². The van der Waals surface area contributed by atoms with Crippen LogP contribution in [-0.4, -0.2) is 23.0 Å². The van der Waals surface area contributed by atoms with Gasteiger partial charge in [0.15, 0.2) is 0 Å². The average Bonchev–Trinajstić information content (AvgIpc) is 3.58. The molecule has 2 aromatic heterocycles. The lowest BCUT2D eigenvalue weighted by molar-refractivity contribution is -0.118. The number of aromatic nitrogens is 2. The van der Waals surface area contributed by atoms with E-state index < -0.39 is 5.41 Å². The van der Waals surface area contributed by atoms with Crippen molar-refractivity contribution in [3.05, 3.63) is 71.4 Å². The summed E-state index contributed by atoms with van der Waals surface area (Å²) < 4.78 is 5.23. The minimum atomic E-state index is -0.433. The Kier molecular flexibility index (Phi) is 5.53. The Labute approximate surface area is 177 Å². The fourth-order valence-corrected chi connectivity index (χ4v) is 3.85. The molecule has 0 unspecified atom stereocenters. The van der Waals surface area contributed by atoms with Crippen molar-refractivity contribution in [2.24, 2.45) is 0 Å². The molecule has 0 aliphatic heterocycles. The monoisotopic (exact) mass is 401 g/mol. The first-order chi connectivity index (χ1) is 14.6. The maximum atomic E-state index is 13.2. The standard InChI is InChI=1S/C25H27N3O2/c1-4-5-18-7-9-20(10-8-18)25(13-14-25)24(29)28-21-11-6-17(2)23(27-21)19-12-15-26-22(16-19)30-3/h6-12,15-16H,4-5,13-14H2,1-3H3,(H,27,28,29).